The molecule has 0 unspecified atom stereocenters. The lowest BCUT2D eigenvalue weighted by Gasteiger charge is -1.90. The zero-order valence-corrected chi connectivity index (χ0v) is 7.39. The van der Waals surface area contributed by atoms with E-state index in [9.17, 15) is 0 Å². The third-order valence-electron chi connectivity index (χ3n) is 1.61. The highest BCUT2D eigenvalue weighted by molar-refractivity contribution is 7.13. The Bertz CT molecular complexity index is 391. The molecule has 4 heteroatoms. The summed E-state index contributed by atoms with van der Waals surface area (Å²) in [5.74, 6) is 0.750. The quantitative estimate of drug-likeness (QED) is 0.732. The molecule has 2 N–H and O–H groups in total. The molecular formula is C8H8N2OS. The van der Waals surface area contributed by atoms with Gasteiger partial charge in [-0.05, 0) is 23.9 Å². The highest BCUT2D eigenvalue weighted by atomic mass is 32.1. The monoisotopic (exact) mass is 180 g/mol. The Kier molecular flexibility index (Phi) is 1.62. The Labute approximate surface area is 73.8 Å². The number of nitrogens with two attached hydrogens (primary N) is 1. The van der Waals surface area contributed by atoms with E-state index >= 15 is 0 Å². The Morgan fingerprint density at radius 2 is 2.42 bits per heavy atom. The molecule has 0 atom stereocenters. The van der Waals surface area contributed by atoms with E-state index in [2.05, 4.69) is 4.98 Å². The fraction of sp³-hybridized carbons (Fsp3) is 0.125. The van der Waals surface area contributed by atoms with Crippen molar-refractivity contribution < 1.29 is 4.42 Å². The number of thiophene rings is 1. The lowest BCUT2D eigenvalue weighted by atomic mass is 10.2. The minimum absolute atomic E-state index is 0.220. The maximum absolute atomic E-state index is 5.36. The van der Waals surface area contributed by atoms with E-state index in [0.717, 1.165) is 10.6 Å². The summed E-state index contributed by atoms with van der Waals surface area (Å²) in [4.78, 5) is 4.93. The van der Waals surface area contributed by atoms with Crippen molar-refractivity contribution in [1.82, 2.24) is 4.98 Å². The van der Waals surface area contributed by atoms with Crippen LogP contribution in [-0.4, -0.2) is 4.98 Å². The van der Waals surface area contributed by atoms with Gasteiger partial charge in [-0.1, -0.05) is 0 Å². The fourth-order valence-electron chi connectivity index (χ4n) is 1.02. The van der Waals surface area contributed by atoms with E-state index in [1.54, 1.807) is 17.5 Å². The average Bonchev–Trinajstić information content (AvgIpc) is 2.58. The Hall–Kier alpha value is -1.29. The van der Waals surface area contributed by atoms with E-state index in [4.69, 9.17) is 10.2 Å². The largest absolute Gasteiger partial charge is 0.423 e. The van der Waals surface area contributed by atoms with Gasteiger partial charge in [0.2, 0.25) is 0 Å². The number of hydrogen-bond acceptors (Lipinski definition) is 4. The highest BCUT2D eigenvalue weighted by Gasteiger charge is 2.07. The first-order chi connectivity index (χ1) is 5.77. The molecule has 2 aromatic heterocycles. The molecule has 0 bridgehead atoms. The van der Waals surface area contributed by atoms with Gasteiger partial charge in [-0.25, -0.2) is 4.98 Å². The van der Waals surface area contributed by atoms with E-state index < -0.39 is 0 Å². The molecule has 0 aliphatic rings. The number of rotatable bonds is 1. The normalized spacial score (nSPS) is 10.4. The molecule has 2 rings (SSSR count). The molecule has 3 nitrogen and oxygen atoms in total. The number of aryl methyl sites for hydroxylation is 1. The predicted molar refractivity (Wildman–Crippen MR) is 49.0 cm³/mol. The second-order valence-corrected chi connectivity index (χ2v) is 3.41. The number of nitrogens with zero attached hydrogens (tertiary/aromatic N) is 1. The molecular weight excluding hydrogens is 172 g/mol. The molecule has 0 aromatic carbocycles. The molecule has 0 aliphatic heterocycles. The maximum Gasteiger partial charge on any atom is 0.292 e. The molecule has 0 fully saturated rings. The van der Waals surface area contributed by atoms with Crippen molar-refractivity contribution in [1.29, 1.82) is 0 Å². The topological polar surface area (TPSA) is 52.0 Å². The van der Waals surface area contributed by atoms with Crippen LogP contribution in [0.3, 0.4) is 0 Å². The van der Waals surface area contributed by atoms with Crippen LogP contribution in [0.1, 0.15) is 5.56 Å². The van der Waals surface area contributed by atoms with Gasteiger partial charge in [0.05, 0.1) is 11.1 Å². The first-order valence-electron chi connectivity index (χ1n) is 3.53. The molecule has 0 amide bonds. The summed E-state index contributed by atoms with van der Waals surface area (Å²) in [6.07, 6.45) is 1.65. The maximum atomic E-state index is 5.36. The van der Waals surface area contributed by atoms with Crippen LogP contribution in [0.2, 0.25) is 0 Å². The summed E-state index contributed by atoms with van der Waals surface area (Å²) in [6, 6.07) is 2.26. The van der Waals surface area contributed by atoms with Crippen LogP contribution >= 0.6 is 11.3 Å². The van der Waals surface area contributed by atoms with Crippen LogP contribution in [0.4, 0.5) is 6.01 Å². The van der Waals surface area contributed by atoms with Crippen molar-refractivity contribution in [3.05, 3.63) is 23.2 Å². The Morgan fingerprint density at radius 1 is 1.58 bits per heavy atom. The molecule has 2 aromatic rings. The lowest BCUT2D eigenvalue weighted by molar-refractivity contribution is 0.596. The average molecular weight is 180 g/mol. The third-order valence-corrected chi connectivity index (χ3v) is 2.64. The zero-order chi connectivity index (χ0) is 8.55. The van der Waals surface area contributed by atoms with Gasteiger partial charge < -0.3 is 10.2 Å². The molecule has 0 spiro atoms. The van der Waals surface area contributed by atoms with Gasteiger partial charge in [-0.3, -0.25) is 0 Å². The van der Waals surface area contributed by atoms with E-state index in [0.29, 0.717) is 0 Å². The van der Waals surface area contributed by atoms with Crippen LogP contribution in [0.15, 0.2) is 22.1 Å². The molecule has 0 saturated carbocycles. The summed E-state index contributed by atoms with van der Waals surface area (Å²) < 4.78 is 5.19. The second-order valence-electron chi connectivity index (χ2n) is 2.50. The van der Waals surface area contributed by atoms with E-state index in [1.807, 2.05) is 18.4 Å². The SMILES string of the molecule is Cc1ccsc1-c1cnc(N)o1. The van der Waals surface area contributed by atoms with Crippen molar-refractivity contribution in [2.45, 2.75) is 6.92 Å². The number of oxazole rings is 1. The molecule has 0 radical (unpaired) electrons. The predicted octanol–water partition coefficient (Wildman–Crippen LogP) is 2.29. The molecule has 2 heterocycles. The molecule has 12 heavy (non-hydrogen) atoms. The number of aromatic nitrogens is 1. The standard InChI is InChI=1S/C8H8N2OS/c1-5-2-3-12-7(5)6-4-10-8(9)11-6/h2-4H,1H3,(H2,9,10). The summed E-state index contributed by atoms with van der Waals surface area (Å²) in [6.45, 7) is 2.03. The Balaban J connectivity index is 2.50. The second kappa shape index (κ2) is 2.64. The minimum Gasteiger partial charge on any atom is -0.423 e. The van der Waals surface area contributed by atoms with Crippen LogP contribution in [0.5, 0.6) is 0 Å². The smallest absolute Gasteiger partial charge is 0.292 e. The number of hydrogen-bond donors (Lipinski definition) is 1. The van der Waals surface area contributed by atoms with Gasteiger partial charge in [0.25, 0.3) is 6.01 Å². The van der Waals surface area contributed by atoms with Gasteiger partial charge >= 0.3 is 0 Å². The lowest BCUT2D eigenvalue weighted by Crippen LogP contribution is -1.79. The van der Waals surface area contributed by atoms with Crippen LogP contribution < -0.4 is 5.73 Å². The summed E-state index contributed by atoms with van der Waals surface area (Å²) >= 11 is 1.63. The zero-order valence-electron chi connectivity index (χ0n) is 6.57. The molecule has 62 valence electrons. The molecule has 0 saturated heterocycles. The van der Waals surface area contributed by atoms with Crippen LogP contribution in [0, 0.1) is 6.92 Å². The van der Waals surface area contributed by atoms with Crippen molar-refractivity contribution >= 4 is 17.4 Å². The van der Waals surface area contributed by atoms with Crippen LogP contribution in [-0.2, 0) is 0 Å². The van der Waals surface area contributed by atoms with Crippen molar-refractivity contribution in [2.24, 2.45) is 0 Å². The van der Waals surface area contributed by atoms with Gasteiger partial charge in [-0.2, -0.15) is 0 Å². The molecule has 0 aliphatic carbocycles. The van der Waals surface area contributed by atoms with Crippen molar-refractivity contribution in [3.63, 3.8) is 0 Å². The van der Waals surface area contributed by atoms with Gasteiger partial charge in [0.15, 0.2) is 5.76 Å². The summed E-state index contributed by atoms with van der Waals surface area (Å²) in [5, 5.41) is 2.02. The summed E-state index contributed by atoms with van der Waals surface area (Å²) in [7, 11) is 0. The van der Waals surface area contributed by atoms with Gasteiger partial charge in [-0.15, -0.1) is 11.3 Å². The first-order valence-corrected chi connectivity index (χ1v) is 4.41. The Morgan fingerprint density at radius 3 is 2.92 bits per heavy atom. The van der Waals surface area contributed by atoms with E-state index in [-0.39, 0.29) is 6.01 Å². The number of anilines is 1. The summed E-state index contributed by atoms with van der Waals surface area (Å²) in [5.41, 5.74) is 6.55. The van der Waals surface area contributed by atoms with Crippen molar-refractivity contribution in [2.75, 3.05) is 5.73 Å². The first kappa shape index (κ1) is 7.36. The fourth-order valence-corrected chi connectivity index (χ4v) is 1.89. The third kappa shape index (κ3) is 1.10. The number of nitrogen functional groups attached to an aromatic ring is 1. The minimum atomic E-state index is 0.220. The highest BCUT2D eigenvalue weighted by Crippen LogP contribution is 2.29. The van der Waals surface area contributed by atoms with Crippen LogP contribution in [0.25, 0.3) is 10.6 Å². The van der Waals surface area contributed by atoms with Crippen molar-refractivity contribution in [3.8, 4) is 10.6 Å². The van der Waals surface area contributed by atoms with Gasteiger partial charge in [0.1, 0.15) is 0 Å². The van der Waals surface area contributed by atoms with E-state index in [1.165, 1.54) is 5.56 Å². The van der Waals surface area contributed by atoms with Gasteiger partial charge in [0, 0.05) is 0 Å².